The predicted molar refractivity (Wildman–Crippen MR) is 109 cm³/mol. The largest absolute Gasteiger partial charge is 0.378 e. The van der Waals surface area contributed by atoms with Crippen molar-refractivity contribution in [1.29, 1.82) is 0 Å². The molecule has 4 rings (SSSR count). The number of pyridine rings is 1. The summed E-state index contributed by atoms with van der Waals surface area (Å²) >= 11 is 0. The maximum atomic E-state index is 12.0. The standard InChI is InChI=1S/C22H24N4O2/c27-22(25-28-21-7-11-23-12-8-21)24-20-9-13-26(14-10-20)16-17-5-6-18-3-1-2-4-19(18)15-17/h1-8,11-12,15,20H,9-10,13-14,16H2,(H2,24,25,27). The fourth-order valence-electron chi connectivity index (χ4n) is 3.56. The van der Waals surface area contributed by atoms with Gasteiger partial charge in [0.1, 0.15) is 0 Å². The van der Waals surface area contributed by atoms with Gasteiger partial charge in [-0.2, -0.15) is 5.48 Å². The zero-order valence-corrected chi connectivity index (χ0v) is 15.7. The lowest BCUT2D eigenvalue weighted by Crippen LogP contribution is -2.48. The minimum atomic E-state index is -0.315. The van der Waals surface area contributed by atoms with Crippen LogP contribution in [0.15, 0.2) is 67.0 Å². The fourth-order valence-corrected chi connectivity index (χ4v) is 3.56. The molecule has 1 aliphatic rings. The Morgan fingerprint density at radius 3 is 2.57 bits per heavy atom. The van der Waals surface area contributed by atoms with Gasteiger partial charge >= 0.3 is 6.03 Å². The van der Waals surface area contributed by atoms with Gasteiger partial charge in [-0.05, 0) is 35.2 Å². The molecule has 2 heterocycles. The van der Waals surface area contributed by atoms with Crippen molar-refractivity contribution in [3.8, 4) is 5.75 Å². The number of hydroxylamine groups is 1. The Morgan fingerprint density at radius 2 is 1.79 bits per heavy atom. The van der Waals surface area contributed by atoms with E-state index in [4.69, 9.17) is 4.84 Å². The highest BCUT2D eigenvalue weighted by atomic mass is 16.7. The molecule has 2 amide bonds. The highest BCUT2D eigenvalue weighted by molar-refractivity contribution is 5.82. The zero-order valence-electron chi connectivity index (χ0n) is 15.7. The zero-order chi connectivity index (χ0) is 19.2. The molecule has 1 aliphatic heterocycles. The summed E-state index contributed by atoms with van der Waals surface area (Å²) in [7, 11) is 0. The van der Waals surface area contributed by atoms with Crippen LogP contribution >= 0.6 is 0 Å². The number of nitrogens with one attached hydrogen (secondary N) is 2. The lowest BCUT2D eigenvalue weighted by atomic mass is 10.0. The number of urea groups is 1. The number of hydrogen-bond acceptors (Lipinski definition) is 4. The third-order valence-corrected chi connectivity index (χ3v) is 5.05. The van der Waals surface area contributed by atoms with E-state index in [1.165, 1.54) is 16.3 Å². The predicted octanol–water partition coefficient (Wildman–Crippen LogP) is 3.49. The summed E-state index contributed by atoms with van der Waals surface area (Å²) in [4.78, 5) is 23.6. The molecule has 0 radical (unpaired) electrons. The van der Waals surface area contributed by atoms with Crippen LogP contribution in [0.3, 0.4) is 0 Å². The Balaban J connectivity index is 1.22. The third-order valence-electron chi connectivity index (χ3n) is 5.05. The van der Waals surface area contributed by atoms with Crippen molar-refractivity contribution in [1.82, 2.24) is 20.7 Å². The van der Waals surface area contributed by atoms with E-state index in [0.717, 1.165) is 32.5 Å². The number of likely N-dealkylation sites (tertiary alicyclic amines) is 1. The van der Waals surface area contributed by atoms with Crippen LogP contribution in [0.25, 0.3) is 10.8 Å². The van der Waals surface area contributed by atoms with Crippen LogP contribution in [-0.4, -0.2) is 35.0 Å². The molecular weight excluding hydrogens is 352 g/mol. The third kappa shape index (κ3) is 4.78. The van der Waals surface area contributed by atoms with E-state index >= 15 is 0 Å². The van der Waals surface area contributed by atoms with Gasteiger partial charge in [0.25, 0.3) is 0 Å². The van der Waals surface area contributed by atoms with Gasteiger partial charge in [-0.3, -0.25) is 9.88 Å². The monoisotopic (exact) mass is 376 g/mol. The second-order valence-corrected chi connectivity index (χ2v) is 7.09. The molecule has 0 saturated carbocycles. The van der Waals surface area contributed by atoms with Crippen molar-refractivity contribution in [3.05, 3.63) is 72.6 Å². The van der Waals surface area contributed by atoms with Crippen LogP contribution < -0.4 is 15.6 Å². The van der Waals surface area contributed by atoms with Crippen molar-refractivity contribution in [2.75, 3.05) is 13.1 Å². The van der Waals surface area contributed by atoms with Gasteiger partial charge in [-0.25, -0.2) is 4.79 Å². The van der Waals surface area contributed by atoms with Crippen molar-refractivity contribution in [2.24, 2.45) is 0 Å². The normalized spacial score (nSPS) is 15.3. The molecule has 0 atom stereocenters. The van der Waals surface area contributed by atoms with Gasteiger partial charge in [0, 0.05) is 50.2 Å². The van der Waals surface area contributed by atoms with E-state index in [-0.39, 0.29) is 12.1 Å². The molecule has 28 heavy (non-hydrogen) atoms. The van der Waals surface area contributed by atoms with Crippen LogP contribution in [0.1, 0.15) is 18.4 Å². The topological polar surface area (TPSA) is 66.5 Å². The number of carbonyl (C=O) groups excluding carboxylic acids is 1. The van der Waals surface area contributed by atoms with E-state index < -0.39 is 0 Å². The van der Waals surface area contributed by atoms with Crippen molar-refractivity contribution >= 4 is 16.8 Å². The van der Waals surface area contributed by atoms with Gasteiger partial charge in [-0.1, -0.05) is 36.4 Å². The van der Waals surface area contributed by atoms with Crippen LogP contribution in [0.5, 0.6) is 5.75 Å². The van der Waals surface area contributed by atoms with Crippen molar-refractivity contribution in [3.63, 3.8) is 0 Å². The summed E-state index contributed by atoms with van der Waals surface area (Å²) in [6, 6.07) is 18.3. The maximum absolute atomic E-state index is 12.0. The van der Waals surface area contributed by atoms with E-state index in [0.29, 0.717) is 5.75 Å². The van der Waals surface area contributed by atoms with E-state index in [2.05, 4.69) is 63.1 Å². The first-order chi connectivity index (χ1) is 13.8. The van der Waals surface area contributed by atoms with Crippen molar-refractivity contribution in [2.45, 2.75) is 25.4 Å². The molecule has 0 bridgehead atoms. The average molecular weight is 376 g/mol. The molecule has 2 N–H and O–H groups in total. The summed E-state index contributed by atoms with van der Waals surface area (Å²) in [5.74, 6) is 0.551. The second-order valence-electron chi connectivity index (χ2n) is 7.09. The number of carbonyl (C=O) groups is 1. The van der Waals surface area contributed by atoms with Crippen molar-refractivity contribution < 1.29 is 9.63 Å². The molecule has 1 saturated heterocycles. The lowest BCUT2D eigenvalue weighted by molar-refractivity contribution is 0.159. The molecule has 144 valence electrons. The first kappa shape index (κ1) is 18.3. The van der Waals surface area contributed by atoms with E-state index in [1.54, 1.807) is 24.5 Å². The number of aromatic nitrogens is 1. The first-order valence-electron chi connectivity index (χ1n) is 9.60. The quantitative estimate of drug-likeness (QED) is 0.669. The minimum absolute atomic E-state index is 0.161. The summed E-state index contributed by atoms with van der Waals surface area (Å²) in [5.41, 5.74) is 3.75. The number of hydrogen-bond donors (Lipinski definition) is 2. The molecular formula is C22H24N4O2. The highest BCUT2D eigenvalue weighted by Crippen LogP contribution is 2.19. The summed E-state index contributed by atoms with van der Waals surface area (Å²) < 4.78 is 0. The van der Waals surface area contributed by atoms with E-state index in [1.807, 2.05) is 0 Å². The van der Waals surface area contributed by atoms with Crippen LogP contribution in [-0.2, 0) is 6.54 Å². The number of rotatable bonds is 5. The highest BCUT2D eigenvalue weighted by Gasteiger charge is 2.21. The average Bonchev–Trinajstić information content (AvgIpc) is 2.74. The number of amides is 2. The van der Waals surface area contributed by atoms with Gasteiger partial charge < -0.3 is 10.2 Å². The SMILES string of the molecule is O=C(NOc1ccncc1)NC1CCN(Cc2ccc3ccccc3c2)CC1. The molecule has 2 aromatic carbocycles. The Hall–Kier alpha value is -3.12. The Kier molecular flexibility index (Phi) is 5.68. The fraction of sp³-hybridized carbons (Fsp3) is 0.273. The molecule has 0 spiro atoms. The summed E-state index contributed by atoms with van der Waals surface area (Å²) in [6.07, 6.45) is 5.08. The Bertz CT molecular complexity index is 924. The molecule has 6 nitrogen and oxygen atoms in total. The van der Waals surface area contributed by atoms with E-state index in [9.17, 15) is 4.79 Å². The molecule has 6 heteroatoms. The smallest absolute Gasteiger partial charge is 0.348 e. The van der Waals surface area contributed by atoms with Crippen LogP contribution in [0, 0.1) is 0 Å². The summed E-state index contributed by atoms with van der Waals surface area (Å²) in [5, 5.41) is 5.53. The van der Waals surface area contributed by atoms with Crippen LogP contribution in [0.4, 0.5) is 4.79 Å². The van der Waals surface area contributed by atoms with Gasteiger partial charge in [0.2, 0.25) is 0 Å². The van der Waals surface area contributed by atoms with Crippen LogP contribution in [0.2, 0.25) is 0 Å². The Labute approximate surface area is 164 Å². The van der Waals surface area contributed by atoms with Gasteiger partial charge in [-0.15, -0.1) is 0 Å². The molecule has 3 aromatic rings. The molecule has 0 aliphatic carbocycles. The minimum Gasteiger partial charge on any atom is -0.378 e. The summed E-state index contributed by atoms with van der Waals surface area (Å²) in [6.45, 7) is 2.86. The maximum Gasteiger partial charge on any atom is 0.348 e. The lowest BCUT2D eigenvalue weighted by Gasteiger charge is -2.32. The first-order valence-corrected chi connectivity index (χ1v) is 9.60. The number of nitrogens with zero attached hydrogens (tertiary/aromatic N) is 2. The molecule has 1 fully saturated rings. The number of benzene rings is 2. The second kappa shape index (κ2) is 8.71. The number of fused-ring (bicyclic) bond motifs is 1. The molecule has 0 unspecified atom stereocenters. The van der Waals surface area contributed by atoms with Gasteiger partial charge in [0.15, 0.2) is 5.75 Å². The number of piperidine rings is 1. The molecule has 1 aromatic heterocycles. The van der Waals surface area contributed by atoms with Gasteiger partial charge in [0.05, 0.1) is 0 Å². The Morgan fingerprint density at radius 1 is 1.04 bits per heavy atom.